The van der Waals surface area contributed by atoms with Crippen molar-refractivity contribution < 1.29 is 23.8 Å². The molecule has 0 saturated heterocycles. The molecule has 1 aromatic carbocycles. The standard InChI is InChI=1S/C13H14O5/c1-9(14)6-13(15)17-8-10-7-16-11-4-2-3-5-12(11)18-10/h2-5,10H,6-8H2,1H3. The minimum Gasteiger partial charge on any atom is -0.486 e. The molecule has 0 aliphatic carbocycles. The van der Waals surface area contributed by atoms with Gasteiger partial charge in [0.1, 0.15) is 25.4 Å². The van der Waals surface area contributed by atoms with Crippen LogP contribution < -0.4 is 9.47 Å². The quantitative estimate of drug-likeness (QED) is 0.596. The number of esters is 1. The number of carbonyl (C=O) groups is 2. The Morgan fingerprint density at radius 2 is 2.06 bits per heavy atom. The molecule has 1 aliphatic heterocycles. The van der Waals surface area contributed by atoms with E-state index in [9.17, 15) is 9.59 Å². The molecule has 5 heteroatoms. The Morgan fingerprint density at radius 1 is 1.33 bits per heavy atom. The summed E-state index contributed by atoms with van der Waals surface area (Å²) in [5.41, 5.74) is 0. The lowest BCUT2D eigenvalue weighted by molar-refractivity contribution is -0.148. The maximum atomic E-state index is 11.2. The summed E-state index contributed by atoms with van der Waals surface area (Å²) in [4.78, 5) is 21.9. The first-order valence-electron chi connectivity index (χ1n) is 5.68. The van der Waals surface area contributed by atoms with E-state index in [4.69, 9.17) is 14.2 Å². The van der Waals surface area contributed by atoms with Crippen LogP contribution in [0.1, 0.15) is 13.3 Å². The van der Waals surface area contributed by atoms with E-state index in [0.717, 1.165) is 0 Å². The minimum absolute atomic E-state index is 0.0838. The Labute approximate surface area is 105 Å². The van der Waals surface area contributed by atoms with Crippen molar-refractivity contribution in [1.82, 2.24) is 0 Å². The number of hydrogen-bond acceptors (Lipinski definition) is 5. The van der Waals surface area contributed by atoms with Crippen molar-refractivity contribution in [3.05, 3.63) is 24.3 Å². The number of hydrogen-bond donors (Lipinski definition) is 0. The van der Waals surface area contributed by atoms with Gasteiger partial charge in [0, 0.05) is 0 Å². The summed E-state index contributed by atoms with van der Waals surface area (Å²) >= 11 is 0. The summed E-state index contributed by atoms with van der Waals surface area (Å²) in [5, 5.41) is 0. The molecule has 5 nitrogen and oxygen atoms in total. The number of ether oxygens (including phenoxy) is 3. The molecule has 1 aromatic rings. The van der Waals surface area contributed by atoms with Crippen LogP contribution in [-0.4, -0.2) is 31.1 Å². The normalized spacial score (nSPS) is 17.1. The van der Waals surface area contributed by atoms with Crippen molar-refractivity contribution in [3.63, 3.8) is 0 Å². The van der Waals surface area contributed by atoms with Crippen molar-refractivity contribution in [2.24, 2.45) is 0 Å². The molecular formula is C13H14O5. The zero-order valence-corrected chi connectivity index (χ0v) is 10.0. The maximum absolute atomic E-state index is 11.2. The van der Waals surface area contributed by atoms with Crippen molar-refractivity contribution in [2.45, 2.75) is 19.4 Å². The summed E-state index contributed by atoms with van der Waals surface area (Å²) < 4.78 is 16.0. The maximum Gasteiger partial charge on any atom is 0.313 e. The number of para-hydroxylation sites is 2. The van der Waals surface area contributed by atoms with Gasteiger partial charge in [-0.05, 0) is 19.1 Å². The van der Waals surface area contributed by atoms with Crippen molar-refractivity contribution >= 4 is 11.8 Å². The van der Waals surface area contributed by atoms with Gasteiger partial charge >= 0.3 is 5.97 Å². The van der Waals surface area contributed by atoms with E-state index in [0.29, 0.717) is 18.1 Å². The van der Waals surface area contributed by atoms with Gasteiger partial charge in [0.15, 0.2) is 17.6 Å². The monoisotopic (exact) mass is 250 g/mol. The van der Waals surface area contributed by atoms with E-state index >= 15 is 0 Å². The summed E-state index contributed by atoms with van der Waals surface area (Å²) in [6, 6.07) is 7.30. The van der Waals surface area contributed by atoms with E-state index in [1.165, 1.54) is 6.92 Å². The molecule has 1 aliphatic rings. The Hall–Kier alpha value is -2.04. The lowest BCUT2D eigenvalue weighted by Gasteiger charge is -2.25. The van der Waals surface area contributed by atoms with Gasteiger partial charge in [-0.3, -0.25) is 9.59 Å². The van der Waals surface area contributed by atoms with Crippen LogP contribution in [-0.2, 0) is 14.3 Å². The van der Waals surface area contributed by atoms with Gasteiger partial charge in [0.25, 0.3) is 0 Å². The molecule has 18 heavy (non-hydrogen) atoms. The molecule has 0 N–H and O–H groups in total. The lowest BCUT2D eigenvalue weighted by atomic mass is 10.2. The first-order chi connectivity index (χ1) is 8.65. The van der Waals surface area contributed by atoms with Crippen LogP contribution in [0.2, 0.25) is 0 Å². The van der Waals surface area contributed by atoms with Crippen LogP contribution in [0.5, 0.6) is 11.5 Å². The molecule has 0 spiro atoms. The molecule has 1 atom stereocenters. The number of rotatable bonds is 4. The smallest absolute Gasteiger partial charge is 0.313 e. The zero-order valence-electron chi connectivity index (χ0n) is 10.0. The van der Waals surface area contributed by atoms with Gasteiger partial charge in [-0.25, -0.2) is 0 Å². The number of fused-ring (bicyclic) bond motifs is 1. The minimum atomic E-state index is -0.537. The van der Waals surface area contributed by atoms with E-state index in [2.05, 4.69) is 0 Å². The second-order valence-corrected chi connectivity index (χ2v) is 4.06. The molecule has 1 heterocycles. The van der Waals surface area contributed by atoms with E-state index in [-0.39, 0.29) is 24.9 Å². The number of Topliss-reactive ketones (excluding diaryl/α,β-unsaturated/α-hetero) is 1. The van der Waals surface area contributed by atoms with Crippen LogP contribution in [0, 0.1) is 0 Å². The van der Waals surface area contributed by atoms with Crippen LogP contribution in [0.15, 0.2) is 24.3 Å². The molecule has 0 radical (unpaired) electrons. The predicted molar refractivity (Wildman–Crippen MR) is 62.6 cm³/mol. The largest absolute Gasteiger partial charge is 0.486 e. The van der Waals surface area contributed by atoms with Gasteiger partial charge in [0.05, 0.1) is 0 Å². The lowest BCUT2D eigenvalue weighted by Crippen LogP contribution is -2.34. The predicted octanol–water partition coefficient (Wildman–Crippen LogP) is 1.35. The first kappa shape index (κ1) is 12.4. The summed E-state index contributed by atoms with van der Waals surface area (Å²) in [6.45, 7) is 1.75. The Balaban J connectivity index is 1.83. The molecule has 0 aromatic heterocycles. The Bertz CT molecular complexity index is 454. The van der Waals surface area contributed by atoms with Crippen molar-refractivity contribution in [1.29, 1.82) is 0 Å². The molecule has 1 unspecified atom stereocenters. The van der Waals surface area contributed by atoms with Gasteiger partial charge in [-0.1, -0.05) is 12.1 Å². The molecule has 0 fully saturated rings. The Morgan fingerprint density at radius 3 is 2.78 bits per heavy atom. The number of ketones is 1. The zero-order chi connectivity index (χ0) is 13.0. The van der Waals surface area contributed by atoms with Crippen LogP contribution in [0.4, 0.5) is 0 Å². The highest BCUT2D eigenvalue weighted by Crippen LogP contribution is 2.30. The van der Waals surface area contributed by atoms with Crippen molar-refractivity contribution in [3.8, 4) is 11.5 Å². The molecule has 0 bridgehead atoms. The molecule has 96 valence electrons. The SMILES string of the molecule is CC(=O)CC(=O)OCC1COc2ccccc2O1. The summed E-state index contributed by atoms with van der Waals surface area (Å²) in [6.07, 6.45) is -0.541. The third-order valence-electron chi connectivity index (χ3n) is 2.39. The molecule has 0 saturated carbocycles. The van der Waals surface area contributed by atoms with Gasteiger partial charge in [0.2, 0.25) is 0 Å². The molecule has 0 amide bonds. The molecular weight excluding hydrogens is 236 g/mol. The Kier molecular flexibility index (Phi) is 3.82. The summed E-state index contributed by atoms with van der Waals surface area (Å²) in [5.74, 6) is 0.566. The van der Waals surface area contributed by atoms with Crippen LogP contribution >= 0.6 is 0 Å². The topological polar surface area (TPSA) is 61.8 Å². The third-order valence-corrected chi connectivity index (χ3v) is 2.39. The van der Waals surface area contributed by atoms with E-state index in [1.807, 2.05) is 18.2 Å². The van der Waals surface area contributed by atoms with Crippen LogP contribution in [0.25, 0.3) is 0 Å². The van der Waals surface area contributed by atoms with E-state index < -0.39 is 5.97 Å². The van der Waals surface area contributed by atoms with Gasteiger partial charge in [-0.2, -0.15) is 0 Å². The fourth-order valence-electron chi connectivity index (χ4n) is 1.59. The fourth-order valence-corrected chi connectivity index (χ4v) is 1.59. The van der Waals surface area contributed by atoms with E-state index in [1.54, 1.807) is 6.07 Å². The average Bonchev–Trinajstić information content (AvgIpc) is 2.35. The number of benzene rings is 1. The highest BCUT2D eigenvalue weighted by molar-refractivity contribution is 5.94. The van der Waals surface area contributed by atoms with Crippen molar-refractivity contribution in [2.75, 3.05) is 13.2 Å². The highest BCUT2D eigenvalue weighted by Gasteiger charge is 2.22. The molecule has 2 rings (SSSR count). The second kappa shape index (κ2) is 5.53. The van der Waals surface area contributed by atoms with Gasteiger partial charge in [-0.15, -0.1) is 0 Å². The average molecular weight is 250 g/mol. The highest BCUT2D eigenvalue weighted by atomic mass is 16.6. The summed E-state index contributed by atoms with van der Waals surface area (Å²) in [7, 11) is 0. The first-order valence-corrected chi connectivity index (χ1v) is 5.68. The fraction of sp³-hybridized carbons (Fsp3) is 0.385. The second-order valence-electron chi connectivity index (χ2n) is 4.06. The van der Waals surface area contributed by atoms with Gasteiger partial charge < -0.3 is 14.2 Å². The third kappa shape index (κ3) is 3.23. The number of carbonyl (C=O) groups excluding carboxylic acids is 2. The van der Waals surface area contributed by atoms with Crippen LogP contribution in [0.3, 0.4) is 0 Å².